The summed E-state index contributed by atoms with van der Waals surface area (Å²) in [5, 5.41) is 19.2. The summed E-state index contributed by atoms with van der Waals surface area (Å²) in [5.74, 6) is -0.558. The first-order chi connectivity index (χ1) is 13.0. The van der Waals surface area contributed by atoms with E-state index in [0.29, 0.717) is 21.9 Å². The first-order valence-corrected chi connectivity index (χ1v) is 9.16. The van der Waals surface area contributed by atoms with Gasteiger partial charge in [-0.25, -0.2) is 4.79 Å². The van der Waals surface area contributed by atoms with E-state index in [1.165, 1.54) is 23.9 Å². The van der Waals surface area contributed by atoms with Crippen molar-refractivity contribution >= 4 is 17.7 Å². The van der Waals surface area contributed by atoms with Crippen LogP contribution in [0.3, 0.4) is 0 Å². The zero-order chi connectivity index (χ0) is 19.4. The van der Waals surface area contributed by atoms with Gasteiger partial charge in [-0.1, -0.05) is 42.0 Å². The highest BCUT2D eigenvalue weighted by molar-refractivity contribution is 7.98. The van der Waals surface area contributed by atoms with Crippen molar-refractivity contribution in [2.24, 2.45) is 0 Å². The molecule has 0 radical (unpaired) electrons. The number of aromatic amines is 1. The van der Waals surface area contributed by atoms with Gasteiger partial charge in [0.25, 0.3) is 0 Å². The Hall–Kier alpha value is -3.30. The zero-order valence-corrected chi connectivity index (χ0v) is 15.3. The lowest BCUT2D eigenvalue weighted by Gasteiger charge is -2.10. The molecule has 3 aromatic rings. The number of hydrogen-bond donors (Lipinski definition) is 2. The van der Waals surface area contributed by atoms with Crippen LogP contribution in [0.1, 0.15) is 27.0 Å². The number of aromatic nitrogens is 1. The van der Waals surface area contributed by atoms with Gasteiger partial charge in [0.2, 0.25) is 5.56 Å². The van der Waals surface area contributed by atoms with Crippen molar-refractivity contribution in [3.8, 4) is 17.2 Å². The van der Waals surface area contributed by atoms with Crippen molar-refractivity contribution in [1.82, 2.24) is 4.98 Å². The second-order valence-corrected chi connectivity index (χ2v) is 7.01. The summed E-state index contributed by atoms with van der Waals surface area (Å²) in [4.78, 5) is 26.0. The fourth-order valence-electron chi connectivity index (χ4n) is 2.75. The van der Waals surface area contributed by atoms with Gasteiger partial charge in [0.1, 0.15) is 6.07 Å². The lowest BCUT2D eigenvalue weighted by molar-refractivity contribution is 0.0697. The Balaban J connectivity index is 1.97. The molecule has 6 heteroatoms. The number of hydrogen-bond acceptors (Lipinski definition) is 4. The third-order valence-electron chi connectivity index (χ3n) is 4.01. The molecule has 2 aromatic carbocycles. The highest BCUT2D eigenvalue weighted by atomic mass is 32.2. The average molecular weight is 376 g/mol. The van der Waals surface area contributed by atoms with Crippen molar-refractivity contribution in [2.75, 3.05) is 0 Å². The summed E-state index contributed by atoms with van der Waals surface area (Å²) in [6, 6.07) is 17.9. The number of rotatable bonds is 5. The number of thioether (sulfide) groups is 1. The highest BCUT2D eigenvalue weighted by Crippen LogP contribution is 2.30. The number of aryl methyl sites for hydroxylation is 1. The van der Waals surface area contributed by atoms with Crippen molar-refractivity contribution in [1.29, 1.82) is 5.26 Å². The number of nitriles is 1. The summed E-state index contributed by atoms with van der Waals surface area (Å²) in [7, 11) is 0. The Morgan fingerprint density at radius 3 is 2.67 bits per heavy atom. The third-order valence-corrected chi connectivity index (χ3v) is 5.08. The molecule has 1 heterocycles. The molecule has 0 aliphatic rings. The van der Waals surface area contributed by atoms with Crippen LogP contribution in [-0.4, -0.2) is 16.1 Å². The van der Waals surface area contributed by atoms with Crippen molar-refractivity contribution < 1.29 is 9.90 Å². The number of carboxylic acid groups (broad SMARTS) is 1. The molecule has 3 rings (SSSR count). The number of nitrogens with one attached hydrogen (secondary N) is 1. The molecule has 0 aliphatic heterocycles. The third kappa shape index (κ3) is 4.27. The highest BCUT2D eigenvalue weighted by Gasteiger charge is 2.14. The lowest BCUT2D eigenvalue weighted by Crippen LogP contribution is -2.08. The van der Waals surface area contributed by atoms with Crippen LogP contribution in [0, 0.1) is 18.3 Å². The molecule has 5 nitrogen and oxygen atoms in total. The number of carbonyl (C=O) groups is 1. The van der Waals surface area contributed by atoms with Gasteiger partial charge in [0, 0.05) is 17.4 Å². The summed E-state index contributed by atoms with van der Waals surface area (Å²) >= 11 is 1.30. The molecule has 0 bridgehead atoms. The summed E-state index contributed by atoms with van der Waals surface area (Å²) in [6.07, 6.45) is 0. The Bertz CT molecular complexity index is 1110. The van der Waals surface area contributed by atoms with Gasteiger partial charge >= 0.3 is 5.97 Å². The van der Waals surface area contributed by atoms with E-state index in [2.05, 4.69) is 11.1 Å². The predicted octanol–water partition coefficient (Wildman–Crippen LogP) is 4.21. The Kier molecular flexibility index (Phi) is 5.43. The van der Waals surface area contributed by atoms with Crippen LogP contribution in [0.5, 0.6) is 0 Å². The average Bonchev–Trinajstić information content (AvgIpc) is 2.66. The maximum absolute atomic E-state index is 12.1. The largest absolute Gasteiger partial charge is 0.478 e. The molecule has 1 aromatic heterocycles. The fourth-order valence-corrected chi connectivity index (χ4v) is 3.71. The Labute approximate surface area is 160 Å². The van der Waals surface area contributed by atoms with E-state index in [4.69, 9.17) is 5.11 Å². The SMILES string of the molecule is Cc1cccc(-c2cc(=O)[nH]c(SCc3cccc(C(=O)O)c3)c2C#N)c1. The molecule has 0 saturated heterocycles. The molecule has 0 aliphatic carbocycles. The molecular formula is C21H16N2O3S. The van der Waals surface area contributed by atoms with Crippen LogP contribution in [0.15, 0.2) is 64.4 Å². The minimum atomic E-state index is -0.991. The van der Waals surface area contributed by atoms with Gasteiger partial charge in [-0.05, 0) is 30.2 Å². The van der Waals surface area contributed by atoms with Gasteiger partial charge in [-0.3, -0.25) is 4.79 Å². The zero-order valence-electron chi connectivity index (χ0n) is 14.5. The number of nitrogens with zero attached hydrogens (tertiary/aromatic N) is 1. The molecule has 0 atom stereocenters. The summed E-state index contributed by atoms with van der Waals surface area (Å²) in [6.45, 7) is 1.95. The first kappa shape index (κ1) is 18.5. The number of aromatic carboxylic acids is 1. The Morgan fingerprint density at radius 1 is 1.19 bits per heavy atom. The van der Waals surface area contributed by atoms with Crippen LogP contribution < -0.4 is 5.56 Å². The van der Waals surface area contributed by atoms with Gasteiger partial charge in [0.15, 0.2) is 0 Å². The first-order valence-electron chi connectivity index (χ1n) is 8.17. The minimum Gasteiger partial charge on any atom is -0.478 e. The standard InChI is InChI=1S/C21H16N2O3S/c1-13-4-2-6-15(8-13)17-10-19(24)23-20(18(17)11-22)27-12-14-5-3-7-16(9-14)21(25)26/h2-10H,12H2,1H3,(H,23,24)(H,25,26). The summed E-state index contributed by atoms with van der Waals surface area (Å²) in [5.41, 5.74) is 3.56. The van der Waals surface area contributed by atoms with Crippen molar-refractivity contribution in [3.05, 3.63) is 87.2 Å². The molecule has 134 valence electrons. The van der Waals surface area contributed by atoms with E-state index in [9.17, 15) is 14.9 Å². The van der Waals surface area contributed by atoms with Gasteiger partial charge < -0.3 is 10.1 Å². The smallest absolute Gasteiger partial charge is 0.335 e. The fraction of sp³-hybridized carbons (Fsp3) is 0.0952. The molecule has 0 fully saturated rings. The molecule has 0 unspecified atom stereocenters. The quantitative estimate of drug-likeness (QED) is 0.651. The van der Waals surface area contributed by atoms with Crippen LogP contribution >= 0.6 is 11.8 Å². The Morgan fingerprint density at radius 2 is 1.96 bits per heavy atom. The van der Waals surface area contributed by atoms with Crippen LogP contribution in [0.4, 0.5) is 0 Å². The van der Waals surface area contributed by atoms with Gasteiger partial charge in [0.05, 0.1) is 16.2 Å². The second kappa shape index (κ2) is 7.94. The molecule has 0 saturated carbocycles. The number of pyridine rings is 1. The van der Waals surface area contributed by atoms with Crippen molar-refractivity contribution in [2.45, 2.75) is 17.7 Å². The number of benzene rings is 2. The van der Waals surface area contributed by atoms with Gasteiger partial charge in [-0.2, -0.15) is 5.26 Å². The normalized spacial score (nSPS) is 10.4. The number of H-pyrrole nitrogens is 1. The van der Waals surface area contributed by atoms with Crippen LogP contribution in [0.2, 0.25) is 0 Å². The second-order valence-electron chi connectivity index (χ2n) is 6.03. The molecule has 0 spiro atoms. The molecule has 27 heavy (non-hydrogen) atoms. The monoisotopic (exact) mass is 376 g/mol. The maximum atomic E-state index is 12.1. The lowest BCUT2D eigenvalue weighted by atomic mass is 10.0. The molecular weight excluding hydrogens is 360 g/mol. The molecule has 0 amide bonds. The van der Waals surface area contributed by atoms with E-state index in [0.717, 1.165) is 16.7 Å². The predicted molar refractivity (Wildman–Crippen MR) is 105 cm³/mol. The molecule has 2 N–H and O–H groups in total. The van der Waals surface area contributed by atoms with Gasteiger partial charge in [-0.15, -0.1) is 11.8 Å². The van der Waals surface area contributed by atoms with E-state index in [1.807, 2.05) is 37.3 Å². The van der Waals surface area contributed by atoms with E-state index in [1.54, 1.807) is 12.1 Å². The maximum Gasteiger partial charge on any atom is 0.335 e. The van der Waals surface area contributed by atoms with E-state index < -0.39 is 5.97 Å². The van der Waals surface area contributed by atoms with Crippen LogP contribution in [-0.2, 0) is 5.75 Å². The van der Waals surface area contributed by atoms with Crippen molar-refractivity contribution in [3.63, 3.8) is 0 Å². The van der Waals surface area contributed by atoms with E-state index in [-0.39, 0.29) is 11.1 Å². The topological polar surface area (TPSA) is 93.9 Å². The minimum absolute atomic E-state index is 0.204. The number of carboxylic acids is 1. The van der Waals surface area contributed by atoms with Crippen LogP contribution in [0.25, 0.3) is 11.1 Å². The summed E-state index contributed by atoms with van der Waals surface area (Å²) < 4.78 is 0. The van der Waals surface area contributed by atoms with E-state index >= 15 is 0 Å².